The van der Waals surface area contributed by atoms with Gasteiger partial charge in [0.05, 0.1) is 19.2 Å². The molecule has 0 aromatic carbocycles. The number of aliphatic hydroxyl groups is 1. The molecule has 1 saturated heterocycles. The van der Waals surface area contributed by atoms with E-state index in [1.807, 2.05) is 0 Å². The molecule has 0 aliphatic carbocycles. The fourth-order valence-corrected chi connectivity index (χ4v) is 4.27. The summed E-state index contributed by atoms with van der Waals surface area (Å²) in [5.74, 6) is -7.80. The molecule has 2 amide bonds. The number of esters is 4. The predicted molar refractivity (Wildman–Crippen MR) is 118 cm³/mol. The van der Waals surface area contributed by atoms with Crippen LogP contribution < -0.4 is 10.6 Å². The molecule has 1 aliphatic heterocycles. The number of halogens is 1. The first-order chi connectivity index (χ1) is 16.1. The normalized spacial score (nSPS) is 27.4. The van der Waals surface area contributed by atoms with Gasteiger partial charge in [0.1, 0.15) is 17.5 Å². The molecule has 7 atom stereocenters. The fourth-order valence-electron chi connectivity index (χ4n) is 3.51. The van der Waals surface area contributed by atoms with Gasteiger partial charge in [-0.1, -0.05) is 15.9 Å². The van der Waals surface area contributed by atoms with Crippen LogP contribution in [0.25, 0.3) is 0 Å². The summed E-state index contributed by atoms with van der Waals surface area (Å²) < 4.78 is 25.7. The van der Waals surface area contributed by atoms with Gasteiger partial charge in [0.2, 0.25) is 11.8 Å². The third kappa shape index (κ3) is 8.14. The quantitative estimate of drug-likeness (QED) is 0.165. The molecule has 0 unspecified atom stereocenters. The van der Waals surface area contributed by atoms with Crippen molar-refractivity contribution in [2.45, 2.75) is 75.6 Å². The van der Waals surface area contributed by atoms with Gasteiger partial charge in [-0.2, -0.15) is 0 Å². The van der Waals surface area contributed by atoms with E-state index in [-0.39, 0.29) is 0 Å². The minimum Gasteiger partial charge on any atom is -0.465 e. The van der Waals surface area contributed by atoms with Gasteiger partial charge in [-0.3, -0.25) is 24.0 Å². The molecule has 1 fully saturated rings. The van der Waals surface area contributed by atoms with E-state index in [4.69, 9.17) is 18.9 Å². The first-order valence-corrected chi connectivity index (χ1v) is 11.2. The largest absolute Gasteiger partial charge is 0.465 e. The van der Waals surface area contributed by atoms with Crippen molar-refractivity contribution in [2.75, 3.05) is 13.7 Å². The van der Waals surface area contributed by atoms with E-state index in [1.165, 1.54) is 0 Å². The van der Waals surface area contributed by atoms with Crippen molar-refractivity contribution in [1.29, 1.82) is 0 Å². The van der Waals surface area contributed by atoms with Gasteiger partial charge < -0.3 is 39.4 Å². The minimum atomic E-state index is -2.78. The van der Waals surface area contributed by atoms with E-state index in [0.29, 0.717) is 0 Å². The lowest BCUT2D eigenvalue weighted by atomic mass is 9.86. The number of alkyl halides is 1. The number of hydrogen-bond acceptors (Lipinski definition) is 12. The molecule has 1 heterocycles. The highest BCUT2D eigenvalue weighted by atomic mass is 79.9. The number of carbonyl (C=O) groups is 6. The second kappa shape index (κ2) is 12.8. The summed E-state index contributed by atoms with van der Waals surface area (Å²) in [5, 5.41) is 16.2. The number of nitrogens with one attached hydrogen (secondary N) is 2. The summed E-state index contributed by atoms with van der Waals surface area (Å²) in [7, 11) is 0.970. The van der Waals surface area contributed by atoms with Crippen LogP contribution in [0.3, 0.4) is 0 Å². The van der Waals surface area contributed by atoms with Crippen LogP contribution >= 0.6 is 15.9 Å². The highest BCUT2D eigenvalue weighted by molar-refractivity contribution is 9.09. The van der Waals surface area contributed by atoms with Gasteiger partial charge in [0.25, 0.3) is 5.79 Å². The van der Waals surface area contributed by atoms with Crippen LogP contribution in [0.15, 0.2) is 0 Å². The second-order valence-corrected chi connectivity index (χ2v) is 8.64. The van der Waals surface area contributed by atoms with Crippen molar-refractivity contribution >= 4 is 51.6 Å². The Hall–Kier alpha value is -2.78. The zero-order chi connectivity index (χ0) is 27.1. The molecule has 0 radical (unpaired) electrons. The van der Waals surface area contributed by atoms with Crippen LogP contribution in [-0.2, 0) is 52.5 Å². The molecule has 15 heteroatoms. The van der Waals surface area contributed by atoms with Crippen molar-refractivity contribution in [2.24, 2.45) is 0 Å². The molecular weight excluding hydrogens is 540 g/mol. The summed E-state index contributed by atoms with van der Waals surface area (Å²) in [6, 6.07) is -2.52. The van der Waals surface area contributed by atoms with E-state index in [2.05, 4.69) is 31.3 Å². The average molecular weight is 569 g/mol. The minimum absolute atomic E-state index is 0.608. The molecule has 3 N–H and O–H groups in total. The van der Waals surface area contributed by atoms with Gasteiger partial charge in [0.15, 0.2) is 12.2 Å². The van der Waals surface area contributed by atoms with Crippen LogP contribution in [0, 0.1) is 0 Å². The summed E-state index contributed by atoms with van der Waals surface area (Å²) in [4.78, 5) is 70.3. The van der Waals surface area contributed by atoms with Crippen molar-refractivity contribution in [3.63, 3.8) is 0 Å². The van der Waals surface area contributed by atoms with Crippen molar-refractivity contribution in [3.05, 3.63) is 0 Å². The predicted octanol–water partition coefficient (Wildman–Crippen LogP) is -1.55. The van der Waals surface area contributed by atoms with Crippen molar-refractivity contribution in [1.82, 2.24) is 10.6 Å². The third-order valence-electron chi connectivity index (χ3n) is 4.72. The van der Waals surface area contributed by atoms with Gasteiger partial charge in [-0.25, -0.2) is 4.79 Å². The Morgan fingerprint density at radius 3 is 1.86 bits per heavy atom. The molecule has 14 nitrogen and oxygen atoms in total. The topological polar surface area (TPSA) is 193 Å². The summed E-state index contributed by atoms with van der Waals surface area (Å²) in [6.45, 7) is 4.83. The molecule has 0 bridgehead atoms. The number of amides is 2. The number of ether oxygens (including phenoxy) is 5. The maximum Gasteiger partial charge on any atom is 0.367 e. The molecule has 198 valence electrons. The molecule has 0 aromatic rings. The van der Waals surface area contributed by atoms with Crippen molar-refractivity contribution < 1.29 is 57.6 Å². The molecular formula is C20H29BrN2O12. The first-order valence-electron chi connectivity index (χ1n) is 10.3. The highest BCUT2D eigenvalue weighted by Crippen LogP contribution is 2.37. The van der Waals surface area contributed by atoms with Crippen LogP contribution in [0.4, 0.5) is 0 Å². The molecule has 0 saturated carbocycles. The van der Waals surface area contributed by atoms with E-state index in [1.54, 1.807) is 0 Å². The van der Waals surface area contributed by atoms with Crippen LogP contribution in [0.1, 0.15) is 34.6 Å². The van der Waals surface area contributed by atoms with Crippen LogP contribution in [0.5, 0.6) is 0 Å². The number of methoxy groups -OCH3 is 1. The maximum atomic E-state index is 12.5. The Bertz CT molecular complexity index is 852. The molecule has 0 spiro atoms. The Balaban J connectivity index is 3.74. The van der Waals surface area contributed by atoms with Crippen LogP contribution in [-0.4, -0.2) is 95.5 Å². The average Bonchev–Trinajstić information content (AvgIpc) is 2.73. The molecule has 1 rings (SSSR count). The molecule has 0 aromatic heterocycles. The van der Waals surface area contributed by atoms with Gasteiger partial charge in [-0.15, -0.1) is 0 Å². The highest BCUT2D eigenvalue weighted by Gasteiger charge is 2.61. The maximum absolute atomic E-state index is 12.5. The summed E-state index contributed by atoms with van der Waals surface area (Å²) in [6.07, 6.45) is -4.80. The van der Waals surface area contributed by atoms with Crippen molar-refractivity contribution in [3.8, 4) is 0 Å². The molecule has 1 aliphatic rings. The van der Waals surface area contributed by atoms with E-state index in [9.17, 15) is 33.9 Å². The van der Waals surface area contributed by atoms with Gasteiger partial charge in [-0.05, 0) is 0 Å². The Labute approximate surface area is 209 Å². The lowest BCUT2D eigenvalue weighted by molar-refractivity contribution is -0.283. The standard InChI is InChI=1S/C20H29BrN2O12/c1-8(24)22-14-15(23-9(2)25)18(21)20(30,19(29)31-6)35-17(14)16(34-12(5)28)13(33-11(4)27)7-32-10(3)26/h13-18,30H,7H2,1-6H3,(H,22,24)(H,23,25)/t13-,14-,15-,16-,17-,18+,20+/m1/s1. The fraction of sp³-hybridized carbons (Fsp3) is 0.700. The first kappa shape index (κ1) is 30.3. The Kier molecular flexibility index (Phi) is 11.1. The Morgan fingerprint density at radius 2 is 1.43 bits per heavy atom. The zero-order valence-corrected chi connectivity index (χ0v) is 21.6. The van der Waals surface area contributed by atoms with E-state index < -0.39 is 83.3 Å². The summed E-state index contributed by atoms with van der Waals surface area (Å²) >= 11 is 3.13. The van der Waals surface area contributed by atoms with Gasteiger partial charge in [0, 0.05) is 34.6 Å². The zero-order valence-electron chi connectivity index (χ0n) is 20.0. The van der Waals surface area contributed by atoms with E-state index >= 15 is 0 Å². The van der Waals surface area contributed by atoms with Crippen LogP contribution in [0.2, 0.25) is 0 Å². The monoisotopic (exact) mass is 568 g/mol. The molecule has 35 heavy (non-hydrogen) atoms. The smallest absolute Gasteiger partial charge is 0.367 e. The third-order valence-corrected chi connectivity index (χ3v) is 5.91. The Morgan fingerprint density at radius 1 is 0.914 bits per heavy atom. The number of rotatable bonds is 9. The van der Waals surface area contributed by atoms with Gasteiger partial charge >= 0.3 is 23.9 Å². The van der Waals surface area contributed by atoms with E-state index in [0.717, 1.165) is 41.7 Å². The number of carbonyl (C=O) groups excluding carboxylic acids is 6. The summed E-state index contributed by atoms with van der Waals surface area (Å²) in [5.41, 5.74) is 0. The second-order valence-electron chi connectivity index (χ2n) is 7.65. The number of hydrogen-bond donors (Lipinski definition) is 3. The lowest BCUT2D eigenvalue weighted by Gasteiger charge is -2.50. The SMILES string of the molecule is COC(=O)[C@@]1(O)O[C@@H]([C@H](OC(C)=O)[C@@H](COC(C)=O)OC(C)=O)[C@H](NC(C)=O)[C@@H](NC(C)=O)[C@@H]1Br. The lowest BCUT2D eigenvalue weighted by Crippen LogP contribution is -2.75.